The molecule has 1 rings (SSSR count). The van der Waals surface area contributed by atoms with E-state index >= 15 is 0 Å². The van der Waals surface area contributed by atoms with Crippen molar-refractivity contribution in [2.45, 2.75) is 32.5 Å². The number of rotatable bonds is 7. The number of benzene rings is 1. The first-order chi connectivity index (χ1) is 9.69. The quantitative estimate of drug-likeness (QED) is 0.838. The van der Waals surface area contributed by atoms with Crippen LogP contribution in [0.5, 0.6) is 0 Å². The summed E-state index contributed by atoms with van der Waals surface area (Å²) in [5.41, 5.74) is -0.429. The van der Waals surface area contributed by atoms with Crippen molar-refractivity contribution in [3.05, 3.63) is 35.4 Å². The fourth-order valence-corrected chi connectivity index (χ4v) is 3.71. The average molecular weight is 323 g/mol. The Balaban J connectivity index is 3.06. The number of hydrogen-bond donors (Lipinski definition) is 1. The highest BCUT2D eigenvalue weighted by molar-refractivity contribution is 7.91. The van der Waals surface area contributed by atoms with Crippen LogP contribution in [0, 0.1) is 0 Å². The second-order valence-electron chi connectivity index (χ2n) is 4.85. The van der Waals surface area contributed by atoms with Crippen molar-refractivity contribution in [2.24, 2.45) is 0 Å². The summed E-state index contributed by atoms with van der Waals surface area (Å²) in [6.45, 7) is 4.01. The van der Waals surface area contributed by atoms with E-state index in [4.69, 9.17) is 0 Å². The Kier molecular flexibility index (Phi) is 6.22. The number of halogens is 3. The molecule has 120 valence electrons. The monoisotopic (exact) mass is 323 g/mol. The molecule has 0 aliphatic carbocycles. The van der Waals surface area contributed by atoms with Crippen LogP contribution >= 0.6 is 0 Å². The first-order valence-electron chi connectivity index (χ1n) is 6.80. The molecule has 0 aliphatic heterocycles. The second-order valence-corrected chi connectivity index (χ2v) is 7.08. The molecule has 0 aromatic heterocycles. The Morgan fingerprint density at radius 3 is 2.43 bits per heavy atom. The van der Waals surface area contributed by atoms with E-state index in [1.54, 1.807) is 13.8 Å². The lowest BCUT2D eigenvalue weighted by Crippen LogP contribution is -2.29. The predicted octanol–water partition coefficient (Wildman–Crippen LogP) is 3.18. The molecule has 7 heteroatoms. The van der Waals surface area contributed by atoms with E-state index in [1.807, 2.05) is 0 Å². The molecule has 0 saturated heterocycles. The Bertz CT molecular complexity index is 556. The molecule has 0 radical (unpaired) electrons. The van der Waals surface area contributed by atoms with Gasteiger partial charge in [0.05, 0.1) is 11.3 Å². The van der Waals surface area contributed by atoms with Gasteiger partial charge in [0.25, 0.3) is 0 Å². The molecule has 1 aromatic rings. The molecule has 0 saturated carbocycles. The molecule has 1 unspecified atom stereocenters. The Morgan fingerprint density at radius 1 is 1.24 bits per heavy atom. The maximum atomic E-state index is 12.7. The van der Waals surface area contributed by atoms with Crippen molar-refractivity contribution < 1.29 is 21.6 Å². The molecule has 21 heavy (non-hydrogen) atoms. The summed E-state index contributed by atoms with van der Waals surface area (Å²) in [7, 11) is -3.29. The lowest BCUT2D eigenvalue weighted by molar-refractivity contribution is -0.137. The van der Waals surface area contributed by atoms with Gasteiger partial charge < -0.3 is 5.32 Å². The minimum absolute atomic E-state index is 0.0356. The van der Waals surface area contributed by atoms with Crippen molar-refractivity contribution in [2.75, 3.05) is 18.1 Å². The summed E-state index contributed by atoms with van der Waals surface area (Å²) in [5, 5.41) is 2.95. The Morgan fingerprint density at radius 2 is 1.90 bits per heavy atom. The lowest BCUT2D eigenvalue weighted by Gasteiger charge is -2.19. The number of hydrogen-bond acceptors (Lipinski definition) is 3. The molecular formula is C14H20F3NO2S. The zero-order valence-corrected chi connectivity index (χ0v) is 12.9. The van der Waals surface area contributed by atoms with Crippen molar-refractivity contribution >= 4 is 9.84 Å². The molecule has 1 N–H and O–H groups in total. The van der Waals surface area contributed by atoms with Crippen LogP contribution in [-0.2, 0) is 16.0 Å². The van der Waals surface area contributed by atoms with Gasteiger partial charge in [0.2, 0.25) is 0 Å². The summed E-state index contributed by atoms with van der Waals surface area (Å²) in [6, 6.07) is 4.18. The fraction of sp³-hybridized carbons (Fsp3) is 0.571. The van der Waals surface area contributed by atoms with Crippen LogP contribution in [0.2, 0.25) is 0 Å². The Hall–Kier alpha value is -1.08. The van der Waals surface area contributed by atoms with E-state index in [2.05, 4.69) is 5.32 Å². The smallest absolute Gasteiger partial charge is 0.309 e. The minimum atomic E-state index is -4.44. The highest BCUT2D eigenvalue weighted by Crippen LogP contribution is 2.31. The van der Waals surface area contributed by atoms with Crippen molar-refractivity contribution in [3.63, 3.8) is 0 Å². The normalized spacial score (nSPS) is 14.1. The molecule has 0 bridgehead atoms. The second kappa shape index (κ2) is 7.26. The predicted molar refractivity (Wildman–Crippen MR) is 76.8 cm³/mol. The third-order valence-electron chi connectivity index (χ3n) is 3.00. The highest BCUT2D eigenvalue weighted by Gasteiger charge is 2.31. The summed E-state index contributed by atoms with van der Waals surface area (Å²) < 4.78 is 62.0. The van der Waals surface area contributed by atoms with Crippen LogP contribution in [-0.4, -0.2) is 26.5 Å². The summed E-state index contributed by atoms with van der Waals surface area (Å²) in [6.07, 6.45) is -3.95. The first kappa shape index (κ1) is 18.0. The third-order valence-corrected chi connectivity index (χ3v) is 4.87. The van der Waals surface area contributed by atoms with Gasteiger partial charge in [-0.1, -0.05) is 26.0 Å². The summed E-state index contributed by atoms with van der Waals surface area (Å²) in [5.74, 6) is -0.163. The van der Waals surface area contributed by atoms with Crippen LogP contribution in [0.1, 0.15) is 37.4 Å². The molecule has 0 spiro atoms. The average Bonchev–Trinajstić information content (AvgIpc) is 2.37. The molecule has 1 atom stereocenters. The maximum Gasteiger partial charge on any atom is 0.416 e. The van der Waals surface area contributed by atoms with Crippen LogP contribution in [0.4, 0.5) is 13.2 Å². The van der Waals surface area contributed by atoms with Gasteiger partial charge in [0, 0.05) is 11.8 Å². The zero-order valence-electron chi connectivity index (χ0n) is 12.1. The van der Waals surface area contributed by atoms with Gasteiger partial charge in [0.15, 0.2) is 9.84 Å². The minimum Gasteiger partial charge on any atom is -0.309 e. The van der Waals surface area contributed by atoms with Gasteiger partial charge >= 0.3 is 6.18 Å². The Labute approximate surface area is 123 Å². The number of alkyl halides is 3. The van der Waals surface area contributed by atoms with Gasteiger partial charge in [-0.25, -0.2) is 8.42 Å². The fourth-order valence-electron chi connectivity index (χ4n) is 2.10. The van der Waals surface area contributed by atoms with Crippen LogP contribution < -0.4 is 5.32 Å². The SMILES string of the molecule is CCCS(=O)(=O)CC(NCC)c1cccc(C(F)(F)F)c1. The van der Waals surface area contributed by atoms with Crippen LogP contribution in [0.15, 0.2) is 24.3 Å². The number of nitrogens with one attached hydrogen (secondary N) is 1. The van der Waals surface area contributed by atoms with Gasteiger partial charge in [-0.15, -0.1) is 0 Å². The van der Waals surface area contributed by atoms with Crippen LogP contribution in [0.3, 0.4) is 0 Å². The zero-order chi connectivity index (χ0) is 16.1. The number of sulfone groups is 1. The highest BCUT2D eigenvalue weighted by atomic mass is 32.2. The molecule has 0 amide bonds. The van der Waals surface area contributed by atoms with Crippen molar-refractivity contribution in [1.29, 1.82) is 0 Å². The standard InChI is InChI=1S/C14H20F3NO2S/c1-3-8-21(19,20)10-13(18-4-2)11-6-5-7-12(9-11)14(15,16)17/h5-7,9,13,18H,3-4,8,10H2,1-2H3. The van der Waals surface area contributed by atoms with Gasteiger partial charge in [-0.05, 0) is 30.7 Å². The first-order valence-corrected chi connectivity index (χ1v) is 8.62. The molecule has 0 fully saturated rings. The van der Waals surface area contributed by atoms with E-state index < -0.39 is 27.6 Å². The van der Waals surface area contributed by atoms with E-state index in [-0.39, 0.29) is 11.5 Å². The lowest BCUT2D eigenvalue weighted by atomic mass is 10.0. The van der Waals surface area contributed by atoms with E-state index in [1.165, 1.54) is 12.1 Å². The molecule has 0 aliphatic rings. The topological polar surface area (TPSA) is 46.2 Å². The van der Waals surface area contributed by atoms with Crippen molar-refractivity contribution in [1.82, 2.24) is 5.32 Å². The van der Waals surface area contributed by atoms with E-state index in [0.29, 0.717) is 18.5 Å². The molecule has 1 aromatic carbocycles. The van der Waals surface area contributed by atoms with E-state index in [9.17, 15) is 21.6 Å². The van der Waals surface area contributed by atoms with Crippen molar-refractivity contribution in [3.8, 4) is 0 Å². The molecule has 3 nitrogen and oxygen atoms in total. The molecule has 0 heterocycles. The van der Waals surface area contributed by atoms with Gasteiger partial charge in [0.1, 0.15) is 0 Å². The van der Waals surface area contributed by atoms with Gasteiger partial charge in [-0.2, -0.15) is 13.2 Å². The maximum absolute atomic E-state index is 12.7. The summed E-state index contributed by atoms with van der Waals surface area (Å²) in [4.78, 5) is 0. The van der Waals surface area contributed by atoms with Crippen LogP contribution in [0.25, 0.3) is 0 Å². The third kappa shape index (κ3) is 5.67. The molecular weight excluding hydrogens is 303 g/mol. The van der Waals surface area contributed by atoms with E-state index in [0.717, 1.165) is 12.1 Å². The van der Waals surface area contributed by atoms with Gasteiger partial charge in [-0.3, -0.25) is 0 Å². The largest absolute Gasteiger partial charge is 0.416 e. The summed E-state index contributed by atoms with van der Waals surface area (Å²) >= 11 is 0.